The third-order valence-electron chi connectivity index (χ3n) is 4.42. The number of aromatic amines is 2. The summed E-state index contributed by atoms with van der Waals surface area (Å²) >= 11 is 6.58. The summed E-state index contributed by atoms with van der Waals surface area (Å²) in [5, 5.41) is 12.1. The van der Waals surface area contributed by atoms with Crippen molar-refractivity contribution in [3.05, 3.63) is 30.0 Å². The minimum atomic E-state index is -0.471. The number of carbonyl (C=O) groups is 2. The maximum absolute atomic E-state index is 12.8. The number of nitrogens with one attached hydrogen (secondary N) is 3. The fourth-order valence-corrected chi connectivity index (χ4v) is 4.68. The SMILES string of the molecule is CCSC(=O)c1[nH]c(NC(=O)C(CC)Sc2nnc3c(n2)[nH]c2ccccc23)nc1S. The Morgan fingerprint density at radius 2 is 1.97 bits per heavy atom. The molecule has 1 amide bonds. The number of aromatic nitrogens is 6. The summed E-state index contributed by atoms with van der Waals surface area (Å²) < 4.78 is 0. The molecular weight excluding hydrogens is 454 g/mol. The molecule has 0 saturated heterocycles. The van der Waals surface area contributed by atoms with Gasteiger partial charge in [0.05, 0.1) is 5.25 Å². The lowest BCUT2D eigenvalue weighted by atomic mass is 10.2. The van der Waals surface area contributed by atoms with Crippen LogP contribution in [-0.2, 0) is 4.79 Å². The Bertz CT molecular complexity index is 1270. The molecule has 1 atom stereocenters. The molecule has 0 radical (unpaired) electrons. The number of imidazole rings is 1. The molecule has 1 aromatic carbocycles. The fourth-order valence-electron chi connectivity index (χ4n) is 2.97. The number of fused-ring (bicyclic) bond motifs is 3. The monoisotopic (exact) mass is 473 g/mol. The van der Waals surface area contributed by atoms with Crippen molar-refractivity contribution < 1.29 is 9.59 Å². The van der Waals surface area contributed by atoms with Crippen LogP contribution in [0.15, 0.2) is 34.4 Å². The standard InChI is InChI=1S/C19H19N7O2S3/c1-3-11(15(27)23-18-21-13(16(29)24-18)17(28)30-4-2)31-19-22-14-12(25-26-19)9-7-5-6-8-10(9)20-14/h5-8,11,29H,3-4H2,1-2H3,(H,20,22,26)(H2,21,23,24,27). The Kier molecular flexibility index (Phi) is 6.49. The zero-order chi connectivity index (χ0) is 22.0. The third-order valence-corrected chi connectivity index (χ3v) is 6.71. The lowest BCUT2D eigenvalue weighted by Gasteiger charge is -2.12. The van der Waals surface area contributed by atoms with Crippen LogP contribution in [0.2, 0.25) is 0 Å². The highest BCUT2D eigenvalue weighted by Crippen LogP contribution is 2.27. The minimum absolute atomic E-state index is 0.173. The molecule has 0 aliphatic heterocycles. The summed E-state index contributed by atoms with van der Waals surface area (Å²) in [7, 11) is 0. The van der Waals surface area contributed by atoms with E-state index in [1.165, 1.54) is 11.8 Å². The van der Waals surface area contributed by atoms with Crippen molar-refractivity contribution >= 4 is 75.2 Å². The molecule has 0 aliphatic carbocycles. The number of carbonyl (C=O) groups excluding carboxylic acids is 2. The Morgan fingerprint density at radius 1 is 1.16 bits per heavy atom. The van der Waals surface area contributed by atoms with Crippen LogP contribution in [0.3, 0.4) is 0 Å². The molecule has 31 heavy (non-hydrogen) atoms. The highest BCUT2D eigenvalue weighted by molar-refractivity contribution is 8.14. The quantitative estimate of drug-likeness (QED) is 0.235. The van der Waals surface area contributed by atoms with Crippen molar-refractivity contribution in [2.24, 2.45) is 0 Å². The Hall–Kier alpha value is -2.57. The van der Waals surface area contributed by atoms with Crippen molar-refractivity contribution in [1.82, 2.24) is 30.1 Å². The van der Waals surface area contributed by atoms with Crippen LogP contribution in [0.1, 0.15) is 30.8 Å². The summed E-state index contributed by atoms with van der Waals surface area (Å²) in [6.07, 6.45) is 0.538. The van der Waals surface area contributed by atoms with E-state index in [2.05, 4.69) is 48.1 Å². The Labute approximate surface area is 191 Å². The highest BCUT2D eigenvalue weighted by Gasteiger charge is 2.23. The maximum atomic E-state index is 12.8. The lowest BCUT2D eigenvalue weighted by Crippen LogP contribution is -2.25. The number of thioether (sulfide) groups is 2. The number of rotatable bonds is 7. The molecule has 12 heteroatoms. The third kappa shape index (κ3) is 4.55. The first-order chi connectivity index (χ1) is 15.0. The van der Waals surface area contributed by atoms with Gasteiger partial charge in [-0.2, -0.15) is 0 Å². The number of para-hydroxylation sites is 1. The van der Waals surface area contributed by atoms with E-state index in [0.717, 1.165) is 22.7 Å². The van der Waals surface area contributed by atoms with Crippen LogP contribution in [0.25, 0.3) is 22.1 Å². The molecule has 4 rings (SSSR count). The van der Waals surface area contributed by atoms with E-state index < -0.39 is 5.25 Å². The summed E-state index contributed by atoms with van der Waals surface area (Å²) in [6.45, 7) is 3.78. The van der Waals surface area contributed by atoms with E-state index in [9.17, 15) is 9.59 Å². The fraction of sp³-hybridized carbons (Fsp3) is 0.263. The van der Waals surface area contributed by atoms with Crippen LogP contribution in [0, 0.1) is 0 Å². The lowest BCUT2D eigenvalue weighted by molar-refractivity contribution is -0.115. The molecule has 0 bridgehead atoms. The smallest absolute Gasteiger partial charge is 0.240 e. The number of nitrogens with zero attached hydrogens (tertiary/aromatic N) is 4. The molecule has 0 fully saturated rings. The van der Waals surface area contributed by atoms with Crippen LogP contribution in [-0.4, -0.2) is 52.2 Å². The van der Waals surface area contributed by atoms with E-state index in [1.54, 1.807) is 0 Å². The molecular formula is C19H19N7O2S3. The van der Waals surface area contributed by atoms with E-state index >= 15 is 0 Å². The summed E-state index contributed by atoms with van der Waals surface area (Å²) in [5.74, 6) is 0.534. The van der Waals surface area contributed by atoms with Gasteiger partial charge >= 0.3 is 0 Å². The van der Waals surface area contributed by atoms with Gasteiger partial charge in [0.2, 0.25) is 22.1 Å². The topological polar surface area (TPSA) is 129 Å². The van der Waals surface area contributed by atoms with Gasteiger partial charge in [-0.3, -0.25) is 14.9 Å². The zero-order valence-electron chi connectivity index (χ0n) is 16.7. The van der Waals surface area contributed by atoms with E-state index in [4.69, 9.17) is 0 Å². The number of hydrogen-bond donors (Lipinski definition) is 4. The molecule has 3 heterocycles. The number of benzene rings is 1. The largest absolute Gasteiger partial charge is 0.338 e. The molecule has 160 valence electrons. The molecule has 0 aliphatic rings. The average Bonchev–Trinajstić information content (AvgIpc) is 3.31. The van der Waals surface area contributed by atoms with E-state index in [-0.39, 0.29) is 27.7 Å². The van der Waals surface area contributed by atoms with E-state index in [0.29, 0.717) is 28.5 Å². The van der Waals surface area contributed by atoms with Gasteiger partial charge in [0, 0.05) is 10.9 Å². The molecule has 0 saturated carbocycles. The number of H-pyrrole nitrogens is 2. The van der Waals surface area contributed by atoms with Crippen LogP contribution in [0.4, 0.5) is 5.95 Å². The zero-order valence-corrected chi connectivity index (χ0v) is 19.2. The first-order valence-electron chi connectivity index (χ1n) is 9.54. The normalized spacial score (nSPS) is 12.4. The summed E-state index contributed by atoms with van der Waals surface area (Å²) in [5.41, 5.74) is 2.51. The van der Waals surface area contributed by atoms with Crippen molar-refractivity contribution in [3.63, 3.8) is 0 Å². The first kappa shape index (κ1) is 21.7. The molecule has 3 aromatic heterocycles. The molecule has 1 unspecified atom stereocenters. The predicted octanol–water partition coefficient (Wildman–Crippen LogP) is 3.92. The van der Waals surface area contributed by atoms with Crippen LogP contribution in [0.5, 0.6) is 0 Å². The molecule has 4 aromatic rings. The minimum Gasteiger partial charge on any atom is -0.338 e. The summed E-state index contributed by atoms with van der Waals surface area (Å²) in [4.78, 5) is 39.5. The van der Waals surface area contributed by atoms with Gasteiger partial charge in [0.15, 0.2) is 5.65 Å². The second kappa shape index (κ2) is 9.28. The number of anilines is 1. The van der Waals surface area contributed by atoms with Gasteiger partial charge in [0.1, 0.15) is 16.2 Å². The molecule has 3 N–H and O–H groups in total. The molecule has 9 nitrogen and oxygen atoms in total. The van der Waals surface area contributed by atoms with Crippen LogP contribution < -0.4 is 5.32 Å². The second-order valence-electron chi connectivity index (χ2n) is 6.47. The first-order valence-corrected chi connectivity index (χ1v) is 11.9. The predicted molar refractivity (Wildman–Crippen MR) is 126 cm³/mol. The van der Waals surface area contributed by atoms with Crippen molar-refractivity contribution in [1.29, 1.82) is 0 Å². The van der Waals surface area contributed by atoms with Gasteiger partial charge < -0.3 is 9.97 Å². The molecule has 0 spiro atoms. The summed E-state index contributed by atoms with van der Waals surface area (Å²) in [6, 6.07) is 7.77. The van der Waals surface area contributed by atoms with Gasteiger partial charge in [0.25, 0.3) is 0 Å². The average molecular weight is 474 g/mol. The highest BCUT2D eigenvalue weighted by atomic mass is 32.2. The number of thiol groups is 1. The van der Waals surface area contributed by atoms with Gasteiger partial charge in [-0.15, -0.1) is 22.8 Å². The van der Waals surface area contributed by atoms with Crippen LogP contribution >= 0.6 is 36.2 Å². The van der Waals surface area contributed by atoms with Gasteiger partial charge in [-0.1, -0.05) is 55.6 Å². The van der Waals surface area contributed by atoms with Gasteiger partial charge in [-0.25, -0.2) is 9.97 Å². The number of amides is 1. The Balaban J connectivity index is 1.50. The number of hydrogen-bond acceptors (Lipinski definition) is 9. The van der Waals surface area contributed by atoms with Crippen molar-refractivity contribution in [3.8, 4) is 0 Å². The van der Waals surface area contributed by atoms with E-state index in [1.807, 2.05) is 38.1 Å². The van der Waals surface area contributed by atoms with Crippen molar-refractivity contribution in [2.75, 3.05) is 11.1 Å². The Morgan fingerprint density at radius 3 is 2.74 bits per heavy atom. The second-order valence-corrected chi connectivity index (χ2v) is 9.30. The maximum Gasteiger partial charge on any atom is 0.240 e. The van der Waals surface area contributed by atoms with Gasteiger partial charge in [-0.05, 0) is 18.2 Å². The van der Waals surface area contributed by atoms with Crippen molar-refractivity contribution in [2.45, 2.75) is 35.7 Å².